The van der Waals surface area contributed by atoms with E-state index in [9.17, 15) is 0 Å². The molecular formula is C47H42IrN2SSi-2. The molecule has 0 aliphatic carbocycles. The number of aromatic nitrogens is 2. The zero-order chi connectivity index (χ0) is 37.2. The first-order valence-electron chi connectivity index (χ1n) is 18.4. The van der Waals surface area contributed by atoms with Gasteiger partial charge >= 0.3 is 0 Å². The summed E-state index contributed by atoms with van der Waals surface area (Å²) >= 11 is 1.75. The van der Waals surface area contributed by atoms with Crippen LogP contribution in [0.25, 0.3) is 64.9 Å². The zero-order valence-electron chi connectivity index (χ0n) is 32.1. The van der Waals surface area contributed by atoms with Crippen LogP contribution in [-0.4, -0.2) is 18.0 Å². The van der Waals surface area contributed by atoms with E-state index in [1.165, 1.54) is 42.9 Å². The fraction of sp³-hybridized carbons (Fsp3) is 0.149. The molecule has 0 fully saturated rings. The minimum Gasteiger partial charge on any atom is -0.305 e. The van der Waals surface area contributed by atoms with Gasteiger partial charge in [-0.1, -0.05) is 135 Å². The summed E-state index contributed by atoms with van der Waals surface area (Å²) < 4.78 is 19.3. The van der Waals surface area contributed by atoms with Crippen LogP contribution in [0.3, 0.4) is 0 Å². The molecule has 261 valence electrons. The molecule has 0 unspecified atom stereocenters. The van der Waals surface area contributed by atoms with E-state index in [0.29, 0.717) is 5.56 Å². The molecule has 0 saturated carbocycles. The third-order valence-electron chi connectivity index (χ3n) is 8.83. The fourth-order valence-corrected chi connectivity index (χ4v) is 8.44. The van der Waals surface area contributed by atoms with E-state index in [2.05, 4.69) is 139 Å². The Bertz CT molecular complexity index is 2490. The average Bonchev–Trinajstić information content (AvgIpc) is 3.57. The van der Waals surface area contributed by atoms with Gasteiger partial charge in [-0.05, 0) is 67.8 Å². The Morgan fingerprint density at radius 2 is 1.37 bits per heavy atom. The molecule has 0 aliphatic heterocycles. The van der Waals surface area contributed by atoms with Crippen LogP contribution in [-0.2, 0) is 26.5 Å². The Balaban J connectivity index is 0.000000191. The Morgan fingerprint density at radius 1 is 0.673 bits per heavy atom. The van der Waals surface area contributed by atoms with Crippen molar-refractivity contribution < 1.29 is 22.8 Å². The minimum absolute atomic E-state index is 0. The van der Waals surface area contributed by atoms with Crippen LogP contribution in [0.2, 0.25) is 19.6 Å². The van der Waals surface area contributed by atoms with E-state index in [0.717, 1.165) is 27.2 Å². The van der Waals surface area contributed by atoms with E-state index in [1.54, 1.807) is 23.6 Å². The van der Waals surface area contributed by atoms with Crippen molar-refractivity contribution in [1.29, 1.82) is 0 Å². The summed E-state index contributed by atoms with van der Waals surface area (Å²) in [5.74, 6) is -0.122. The van der Waals surface area contributed by atoms with Gasteiger partial charge in [0, 0.05) is 39.9 Å². The number of thiophene rings is 1. The summed E-state index contributed by atoms with van der Waals surface area (Å²) in [6.07, 6.45) is 2.33. The molecule has 0 amide bonds. The number of hydrogen-bond donors (Lipinski definition) is 0. The Hall–Kier alpha value is -4.51. The van der Waals surface area contributed by atoms with Crippen molar-refractivity contribution >= 4 is 44.8 Å². The molecule has 5 heteroatoms. The van der Waals surface area contributed by atoms with Gasteiger partial charge in [0.25, 0.3) is 0 Å². The zero-order valence-corrected chi connectivity index (χ0v) is 34.3. The summed E-state index contributed by atoms with van der Waals surface area (Å²) in [6, 6.07) is 52.4. The number of fused-ring (bicyclic) bond motifs is 3. The molecule has 0 N–H and O–H groups in total. The maximum atomic E-state index is 8.47. The number of benzene rings is 5. The Labute approximate surface area is 329 Å². The molecule has 8 aromatic rings. The van der Waals surface area contributed by atoms with Gasteiger partial charge in [0.1, 0.15) is 0 Å². The number of rotatable bonds is 7. The van der Waals surface area contributed by atoms with Gasteiger partial charge in [0.2, 0.25) is 0 Å². The molecule has 5 aromatic carbocycles. The van der Waals surface area contributed by atoms with Gasteiger partial charge in [0.15, 0.2) is 0 Å². The maximum Gasteiger partial charge on any atom is 0.0795 e. The molecule has 0 bridgehead atoms. The summed E-state index contributed by atoms with van der Waals surface area (Å²) in [7, 11) is -1.29. The van der Waals surface area contributed by atoms with Crippen LogP contribution in [0.5, 0.6) is 0 Å². The van der Waals surface area contributed by atoms with Gasteiger partial charge in [-0.15, -0.1) is 59.2 Å². The minimum atomic E-state index is -1.41. The number of pyridine rings is 2. The number of nitrogens with zero attached hydrogens (tertiary/aromatic N) is 2. The summed E-state index contributed by atoms with van der Waals surface area (Å²) in [5.41, 5.74) is 9.22. The Kier molecular flexibility index (Phi) is 10.9. The quantitative estimate of drug-likeness (QED) is 0.118. The van der Waals surface area contributed by atoms with Crippen LogP contribution >= 0.6 is 11.3 Å². The summed E-state index contributed by atoms with van der Waals surface area (Å²) in [6.45, 7) is 10.8. The van der Waals surface area contributed by atoms with Gasteiger partial charge in [-0.3, -0.25) is 0 Å². The molecule has 1 radical (unpaired) electrons. The van der Waals surface area contributed by atoms with Crippen molar-refractivity contribution in [3.05, 3.63) is 164 Å². The predicted octanol–water partition coefficient (Wildman–Crippen LogP) is 12.5. The molecule has 2 nitrogen and oxygen atoms in total. The van der Waals surface area contributed by atoms with Gasteiger partial charge < -0.3 is 9.97 Å². The largest absolute Gasteiger partial charge is 0.305 e. The van der Waals surface area contributed by atoms with Crippen LogP contribution in [0.4, 0.5) is 0 Å². The SMILES string of the molecule is C[Si](C)(C)c1ccc(-c2[c-]ccc(-c3ccccc3)c2)nc1.[2H]C([2H])(c1ccnc(-c2[c-]ccc3c2sc2cc(-c4ccccc4)ccc23)c1)C(C)C.[Ir]. The maximum absolute atomic E-state index is 8.47. The third kappa shape index (κ3) is 8.57. The van der Waals surface area contributed by atoms with Gasteiger partial charge in [0.05, 0.1) is 8.07 Å². The van der Waals surface area contributed by atoms with E-state index in [1.807, 2.05) is 50.4 Å². The molecule has 0 spiro atoms. The van der Waals surface area contributed by atoms with E-state index >= 15 is 0 Å². The standard InChI is InChI=1S/C27H22NS.C20H20NSi.Ir/c1-18(2)15-19-13-14-28-25(16-19)24-10-6-9-23-22-12-11-21(17-26(22)29-27(23)24)20-7-4-3-5-8-20;1-22(2,3)19-12-13-20(21-15-19)18-11-7-10-17(14-18)16-8-5-4-6-9-16;/h3-9,11-14,16-18H,15H2,1-2H3;4-10,12-15H,1-3H3;/q2*-1;/i15D2;;. The first-order chi connectivity index (χ1) is 25.5. The topological polar surface area (TPSA) is 25.8 Å². The third-order valence-corrected chi connectivity index (χ3v) is 12.0. The monoisotopic (exact) mass is 889 g/mol. The van der Waals surface area contributed by atoms with E-state index in [-0.39, 0.29) is 26.0 Å². The second-order valence-corrected chi connectivity index (χ2v) is 20.2. The summed E-state index contributed by atoms with van der Waals surface area (Å²) in [5, 5.41) is 3.80. The van der Waals surface area contributed by atoms with Crippen LogP contribution in [0.15, 0.2) is 146 Å². The summed E-state index contributed by atoms with van der Waals surface area (Å²) in [4.78, 5) is 9.23. The Morgan fingerprint density at radius 3 is 2.02 bits per heavy atom. The molecule has 0 saturated heterocycles. The van der Waals surface area contributed by atoms with Crippen LogP contribution in [0, 0.1) is 18.1 Å². The number of hydrogen-bond acceptors (Lipinski definition) is 3. The van der Waals surface area contributed by atoms with Crippen molar-refractivity contribution in [2.75, 3.05) is 0 Å². The fourth-order valence-electron chi connectivity index (χ4n) is 6.15. The molecule has 3 aromatic heterocycles. The molecule has 0 aliphatic rings. The average molecular weight is 889 g/mol. The predicted molar refractivity (Wildman–Crippen MR) is 222 cm³/mol. The smallest absolute Gasteiger partial charge is 0.0795 e. The molecule has 52 heavy (non-hydrogen) atoms. The van der Waals surface area contributed by atoms with Crippen molar-refractivity contribution in [2.24, 2.45) is 5.92 Å². The molecule has 8 rings (SSSR count). The van der Waals surface area contributed by atoms with Crippen molar-refractivity contribution in [3.63, 3.8) is 0 Å². The van der Waals surface area contributed by atoms with Crippen molar-refractivity contribution in [2.45, 2.75) is 39.9 Å². The molecule has 0 atom stereocenters. The van der Waals surface area contributed by atoms with Crippen molar-refractivity contribution in [1.82, 2.24) is 9.97 Å². The van der Waals surface area contributed by atoms with Gasteiger partial charge in [-0.25, -0.2) is 0 Å². The first kappa shape index (κ1) is 34.6. The van der Waals surface area contributed by atoms with Crippen LogP contribution in [0.1, 0.15) is 22.2 Å². The van der Waals surface area contributed by atoms with E-state index in [4.69, 9.17) is 2.74 Å². The van der Waals surface area contributed by atoms with Gasteiger partial charge in [-0.2, -0.15) is 11.3 Å². The molecule has 3 heterocycles. The van der Waals surface area contributed by atoms with Crippen molar-refractivity contribution in [3.8, 4) is 44.8 Å². The van der Waals surface area contributed by atoms with E-state index < -0.39 is 14.4 Å². The second kappa shape index (κ2) is 16.4. The van der Waals surface area contributed by atoms with Crippen LogP contribution < -0.4 is 5.19 Å². The second-order valence-electron chi connectivity index (χ2n) is 14.0. The first-order valence-corrected chi connectivity index (χ1v) is 21.7. The molecular weight excluding hydrogens is 845 g/mol. The normalized spacial score (nSPS) is 12.1.